The van der Waals surface area contributed by atoms with Crippen LogP contribution < -0.4 is 0 Å². The Balaban J connectivity index is 1.44. The van der Waals surface area contributed by atoms with Crippen LogP contribution in [0.4, 0.5) is 0 Å². The summed E-state index contributed by atoms with van der Waals surface area (Å²) in [6.07, 6.45) is 2.06. The highest BCUT2D eigenvalue weighted by Crippen LogP contribution is 2.27. The minimum Gasteiger partial charge on any atom is -0.400 e. The molecule has 5 heterocycles. The zero-order chi connectivity index (χ0) is 29.5. The Morgan fingerprint density at radius 1 is 0.905 bits per heavy atom. The molecule has 5 rings (SSSR count). The standard InChI is InChI=1S/C28H43N7O7/c1-3-5-24(36)7-4-6-23-17-35(30-29-23)19-25-18-32-10-14-33-12-8-31-9-13-34(15-11-32)21-27(38)42-28(40-25,39-22(2)16-31)41-26(37)20-33/h17,25H,2-16,18-21H2,1H3. The van der Waals surface area contributed by atoms with E-state index in [-0.39, 0.29) is 31.2 Å². The van der Waals surface area contributed by atoms with E-state index in [2.05, 4.69) is 36.5 Å². The summed E-state index contributed by atoms with van der Waals surface area (Å²) in [4.78, 5) is 47.0. The van der Waals surface area contributed by atoms with E-state index in [1.54, 1.807) is 4.68 Å². The quantitative estimate of drug-likeness (QED) is 0.373. The summed E-state index contributed by atoms with van der Waals surface area (Å²) >= 11 is 0. The van der Waals surface area contributed by atoms with Gasteiger partial charge >= 0.3 is 18.1 Å². The second-order valence-corrected chi connectivity index (χ2v) is 11.5. The number of Topliss-reactive ketones (excluding diaryl/α,β-unsaturated/α-hetero) is 1. The fourth-order valence-electron chi connectivity index (χ4n) is 5.78. The summed E-state index contributed by atoms with van der Waals surface area (Å²) in [6.45, 7) is 12.6. The maximum atomic E-state index is 13.2. The van der Waals surface area contributed by atoms with Gasteiger partial charge in [-0.25, -0.2) is 4.68 Å². The first kappa shape index (κ1) is 30.5. The summed E-state index contributed by atoms with van der Waals surface area (Å²) in [5, 5.41) is 8.59. The molecule has 1 aromatic rings. The molecule has 1 aromatic heterocycles. The Hall–Kier alpha value is -2.91. The Morgan fingerprint density at radius 2 is 1.50 bits per heavy atom. The Bertz CT molecular complexity index is 1070. The van der Waals surface area contributed by atoms with Crippen LogP contribution in [0.15, 0.2) is 18.5 Å². The molecule has 1 spiro atoms. The number of esters is 2. The third-order valence-electron chi connectivity index (χ3n) is 7.95. The molecule has 14 heteroatoms. The highest BCUT2D eigenvalue weighted by molar-refractivity contribution is 5.78. The van der Waals surface area contributed by atoms with Crippen LogP contribution in [-0.4, -0.2) is 143 Å². The van der Waals surface area contributed by atoms with Crippen molar-refractivity contribution in [1.82, 2.24) is 34.6 Å². The first-order chi connectivity index (χ1) is 20.3. The maximum Gasteiger partial charge on any atom is 0.564 e. The highest BCUT2D eigenvalue weighted by Gasteiger charge is 2.49. The second-order valence-electron chi connectivity index (χ2n) is 11.5. The first-order valence-corrected chi connectivity index (χ1v) is 15.1. The van der Waals surface area contributed by atoms with Crippen molar-refractivity contribution >= 4 is 17.7 Å². The molecule has 4 saturated heterocycles. The van der Waals surface area contributed by atoms with Crippen LogP contribution in [0.2, 0.25) is 0 Å². The second kappa shape index (κ2) is 14.0. The minimum atomic E-state index is -2.43. The monoisotopic (exact) mass is 589 g/mol. The number of nitrogens with zero attached hydrogens (tertiary/aromatic N) is 7. The van der Waals surface area contributed by atoms with Gasteiger partial charge in [-0.1, -0.05) is 18.7 Å². The number of ketones is 1. The van der Waals surface area contributed by atoms with Gasteiger partial charge in [-0.2, -0.15) is 0 Å². The van der Waals surface area contributed by atoms with Crippen LogP contribution in [0.5, 0.6) is 0 Å². The van der Waals surface area contributed by atoms with E-state index in [1.165, 1.54) is 0 Å². The lowest BCUT2D eigenvalue weighted by Gasteiger charge is -2.35. The summed E-state index contributed by atoms with van der Waals surface area (Å²) < 4.78 is 25.7. The predicted octanol–water partition coefficient (Wildman–Crippen LogP) is -0.154. The average Bonchev–Trinajstić information content (AvgIpc) is 3.33. The van der Waals surface area contributed by atoms with E-state index in [0.717, 1.165) is 12.1 Å². The molecule has 3 atom stereocenters. The third-order valence-corrected chi connectivity index (χ3v) is 7.95. The summed E-state index contributed by atoms with van der Waals surface area (Å²) in [5.41, 5.74) is 0.773. The lowest BCUT2D eigenvalue weighted by molar-refractivity contribution is -0.466. The van der Waals surface area contributed by atoms with Crippen LogP contribution >= 0.6 is 0 Å². The number of aryl methyl sites for hydroxylation is 1. The van der Waals surface area contributed by atoms with E-state index in [1.807, 2.05) is 13.1 Å². The predicted molar refractivity (Wildman–Crippen MR) is 149 cm³/mol. The smallest absolute Gasteiger partial charge is 0.400 e. The van der Waals surface area contributed by atoms with E-state index >= 15 is 0 Å². The molecule has 42 heavy (non-hydrogen) atoms. The molecule has 3 unspecified atom stereocenters. The van der Waals surface area contributed by atoms with Crippen molar-refractivity contribution in [3.05, 3.63) is 24.2 Å². The Morgan fingerprint density at radius 3 is 2.12 bits per heavy atom. The van der Waals surface area contributed by atoms with Crippen molar-refractivity contribution in [1.29, 1.82) is 0 Å². The number of ether oxygens (including phenoxy) is 4. The van der Waals surface area contributed by atoms with Crippen molar-refractivity contribution in [2.45, 2.75) is 57.8 Å². The molecule has 0 aliphatic carbocycles. The number of fused-ring (bicyclic) bond motifs is 12. The zero-order valence-electron chi connectivity index (χ0n) is 24.6. The summed E-state index contributed by atoms with van der Waals surface area (Å²) in [5.74, 6) is -0.719. The van der Waals surface area contributed by atoms with Crippen LogP contribution in [0, 0.1) is 0 Å². The fourth-order valence-corrected chi connectivity index (χ4v) is 5.78. The number of hydrogen-bond donors (Lipinski definition) is 0. The van der Waals surface area contributed by atoms with Crippen molar-refractivity contribution in [3.63, 3.8) is 0 Å². The van der Waals surface area contributed by atoms with Gasteiger partial charge in [0.15, 0.2) is 0 Å². The Labute approximate surface area is 246 Å². The molecular weight excluding hydrogens is 546 g/mol. The van der Waals surface area contributed by atoms with Gasteiger partial charge in [0.2, 0.25) is 0 Å². The van der Waals surface area contributed by atoms with E-state index < -0.39 is 24.2 Å². The highest BCUT2D eigenvalue weighted by atomic mass is 17.0. The number of carbonyl (C=O) groups excluding carboxylic acids is 3. The van der Waals surface area contributed by atoms with Gasteiger partial charge in [0, 0.05) is 77.9 Å². The molecule has 5 bridgehead atoms. The lowest BCUT2D eigenvalue weighted by Crippen LogP contribution is -2.51. The number of aromatic nitrogens is 3. The van der Waals surface area contributed by atoms with Gasteiger partial charge in [-0.15, -0.1) is 5.10 Å². The molecule has 4 aliphatic heterocycles. The molecule has 14 nitrogen and oxygen atoms in total. The fraction of sp³-hybridized carbons (Fsp3) is 0.750. The number of rotatable bonds is 8. The average molecular weight is 590 g/mol. The molecular formula is C28H43N7O7. The van der Waals surface area contributed by atoms with Gasteiger partial charge < -0.3 is 14.2 Å². The first-order valence-electron chi connectivity index (χ1n) is 15.1. The van der Waals surface area contributed by atoms with Gasteiger partial charge in [-0.3, -0.25) is 38.7 Å². The minimum absolute atomic E-state index is 0.00413. The molecule has 4 fully saturated rings. The van der Waals surface area contributed by atoms with Crippen molar-refractivity contribution in [2.24, 2.45) is 0 Å². The van der Waals surface area contributed by atoms with Crippen molar-refractivity contribution in [3.8, 4) is 0 Å². The topological polar surface area (TPSA) is 132 Å². The third kappa shape index (κ3) is 8.57. The molecule has 0 saturated carbocycles. The maximum absolute atomic E-state index is 13.2. The largest absolute Gasteiger partial charge is 0.564 e. The number of hydrogen-bond acceptors (Lipinski definition) is 13. The van der Waals surface area contributed by atoms with E-state index in [4.69, 9.17) is 18.9 Å². The molecule has 0 amide bonds. The molecule has 0 radical (unpaired) electrons. The van der Waals surface area contributed by atoms with E-state index in [0.29, 0.717) is 91.1 Å². The number of carbonyl (C=O) groups is 3. The van der Waals surface area contributed by atoms with Crippen molar-refractivity contribution in [2.75, 3.05) is 78.5 Å². The van der Waals surface area contributed by atoms with Gasteiger partial charge in [0.05, 0.1) is 31.9 Å². The van der Waals surface area contributed by atoms with Crippen LogP contribution in [-0.2, 0) is 46.3 Å². The van der Waals surface area contributed by atoms with E-state index in [9.17, 15) is 14.4 Å². The summed E-state index contributed by atoms with van der Waals surface area (Å²) in [7, 11) is 0. The zero-order valence-corrected chi connectivity index (χ0v) is 24.6. The molecule has 0 N–H and O–H groups in total. The van der Waals surface area contributed by atoms with Gasteiger partial charge in [0.25, 0.3) is 0 Å². The van der Waals surface area contributed by atoms with Crippen LogP contribution in [0.1, 0.15) is 38.3 Å². The van der Waals surface area contributed by atoms with Crippen LogP contribution in [0.25, 0.3) is 0 Å². The SMILES string of the molecule is C=C1CN2CCN3CCN4CCN(CC2)CC(=O)OC(O1)(OC(=O)C3)OC(Cn1cc(CCCC(=O)CCC)nn1)C4. The molecule has 4 aliphatic rings. The molecule has 232 valence electrons. The normalized spacial score (nSPS) is 32.4. The molecule has 0 aromatic carbocycles. The lowest BCUT2D eigenvalue weighted by atomic mass is 10.1. The summed E-state index contributed by atoms with van der Waals surface area (Å²) in [6, 6.07) is 0. The van der Waals surface area contributed by atoms with Crippen LogP contribution in [0.3, 0.4) is 0 Å². The van der Waals surface area contributed by atoms with Gasteiger partial charge in [-0.05, 0) is 19.3 Å². The Kier molecular flexibility index (Phi) is 10.2. The van der Waals surface area contributed by atoms with Crippen molar-refractivity contribution < 1.29 is 33.3 Å². The van der Waals surface area contributed by atoms with Gasteiger partial charge in [0.1, 0.15) is 17.6 Å².